The molecular formula is C13H23N3. The quantitative estimate of drug-likeness (QED) is 0.791. The zero-order valence-electron chi connectivity index (χ0n) is 11.1. The first-order valence-electron chi connectivity index (χ1n) is 5.71. The van der Waals surface area contributed by atoms with Crippen molar-refractivity contribution in [2.75, 3.05) is 6.54 Å². The SMILES string of the molecule is C=C(CNC(C)(C)C)Cn1nc(C)cc1C. The average molecular weight is 221 g/mol. The molecule has 0 radical (unpaired) electrons. The van der Waals surface area contributed by atoms with Crippen LogP contribution in [0.2, 0.25) is 0 Å². The largest absolute Gasteiger partial charge is 0.308 e. The first-order chi connectivity index (χ1) is 7.28. The van der Waals surface area contributed by atoms with E-state index in [-0.39, 0.29) is 5.54 Å². The van der Waals surface area contributed by atoms with E-state index in [9.17, 15) is 0 Å². The van der Waals surface area contributed by atoms with Gasteiger partial charge < -0.3 is 5.32 Å². The van der Waals surface area contributed by atoms with Crippen LogP contribution < -0.4 is 5.32 Å². The van der Waals surface area contributed by atoms with Crippen molar-refractivity contribution in [3.8, 4) is 0 Å². The van der Waals surface area contributed by atoms with E-state index in [1.165, 1.54) is 5.69 Å². The third-order valence-electron chi connectivity index (χ3n) is 2.35. The van der Waals surface area contributed by atoms with E-state index in [0.717, 1.165) is 24.4 Å². The minimum atomic E-state index is 0.137. The summed E-state index contributed by atoms with van der Waals surface area (Å²) in [5.74, 6) is 0. The summed E-state index contributed by atoms with van der Waals surface area (Å²) < 4.78 is 2.00. The van der Waals surface area contributed by atoms with Crippen molar-refractivity contribution in [2.45, 2.75) is 46.7 Å². The van der Waals surface area contributed by atoms with Crippen molar-refractivity contribution in [3.05, 3.63) is 29.6 Å². The number of nitrogens with zero attached hydrogens (tertiary/aromatic N) is 2. The van der Waals surface area contributed by atoms with Crippen LogP contribution in [0.1, 0.15) is 32.2 Å². The number of nitrogens with one attached hydrogen (secondary N) is 1. The Morgan fingerprint density at radius 2 is 2.06 bits per heavy atom. The zero-order valence-corrected chi connectivity index (χ0v) is 11.1. The van der Waals surface area contributed by atoms with Crippen LogP contribution in [0, 0.1) is 13.8 Å². The molecule has 1 heterocycles. The van der Waals surface area contributed by atoms with Gasteiger partial charge in [-0.2, -0.15) is 5.10 Å². The van der Waals surface area contributed by atoms with Gasteiger partial charge in [-0.3, -0.25) is 4.68 Å². The fraction of sp³-hybridized carbons (Fsp3) is 0.615. The topological polar surface area (TPSA) is 29.9 Å². The summed E-state index contributed by atoms with van der Waals surface area (Å²) in [6, 6.07) is 2.09. The second-order valence-electron chi connectivity index (χ2n) is 5.44. The summed E-state index contributed by atoms with van der Waals surface area (Å²) in [5, 5.41) is 7.85. The molecule has 0 aromatic carbocycles. The molecule has 0 unspecified atom stereocenters. The Morgan fingerprint density at radius 3 is 2.50 bits per heavy atom. The fourth-order valence-corrected chi connectivity index (χ4v) is 1.49. The summed E-state index contributed by atoms with van der Waals surface area (Å²) in [7, 11) is 0. The van der Waals surface area contributed by atoms with Gasteiger partial charge in [-0.1, -0.05) is 6.58 Å². The molecule has 0 spiro atoms. The minimum absolute atomic E-state index is 0.137. The van der Waals surface area contributed by atoms with Crippen molar-refractivity contribution < 1.29 is 0 Å². The second-order valence-corrected chi connectivity index (χ2v) is 5.44. The summed E-state index contributed by atoms with van der Waals surface area (Å²) in [6.45, 7) is 16.3. The van der Waals surface area contributed by atoms with Gasteiger partial charge in [-0.25, -0.2) is 0 Å². The highest BCUT2D eigenvalue weighted by Gasteiger charge is 2.09. The van der Waals surface area contributed by atoms with Gasteiger partial charge in [0.25, 0.3) is 0 Å². The van der Waals surface area contributed by atoms with Gasteiger partial charge in [0.05, 0.1) is 12.2 Å². The van der Waals surface area contributed by atoms with Crippen molar-refractivity contribution in [2.24, 2.45) is 0 Å². The van der Waals surface area contributed by atoms with E-state index >= 15 is 0 Å². The first-order valence-corrected chi connectivity index (χ1v) is 5.71. The van der Waals surface area contributed by atoms with E-state index in [1.807, 2.05) is 11.6 Å². The van der Waals surface area contributed by atoms with E-state index in [0.29, 0.717) is 0 Å². The summed E-state index contributed by atoms with van der Waals surface area (Å²) in [4.78, 5) is 0. The van der Waals surface area contributed by atoms with Crippen LogP contribution in [-0.4, -0.2) is 21.9 Å². The Kier molecular flexibility index (Phi) is 3.92. The lowest BCUT2D eigenvalue weighted by atomic mass is 10.1. The molecule has 16 heavy (non-hydrogen) atoms. The third kappa shape index (κ3) is 4.19. The van der Waals surface area contributed by atoms with Crippen molar-refractivity contribution in [1.29, 1.82) is 0 Å². The Morgan fingerprint density at radius 1 is 1.44 bits per heavy atom. The molecule has 0 aliphatic rings. The smallest absolute Gasteiger partial charge is 0.0632 e. The highest BCUT2D eigenvalue weighted by atomic mass is 15.3. The van der Waals surface area contributed by atoms with Gasteiger partial charge in [0.15, 0.2) is 0 Å². The summed E-state index contributed by atoms with van der Waals surface area (Å²) in [5.41, 5.74) is 3.54. The van der Waals surface area contributed by atoms with Crippen LogP contribution in [0.5, 0.6) is 0 Å². The molecule has 0 fully saturated rings. The molecule has 0 saturated heterocycles. The molecule has 1 rings (SSSR count). The molecule has 0 saturated carbocycles. The maximum absolute atomic E-state index is 4.42. The molecular weight excluding hydrogens is 198 g/mol. The standard InChI is InChI=1S/C13H23N3/c1-10(8-14-13(4,5)6)9-16-12(3)7-11(2)15-16/h7,14H,1,8-9H2,2-6H3. The number of aromatic nitrogens is 2. The van der Waals surface area contributed by atoms with Crippen LogP contribution in [-0.2, 0) is 6.54 Å². The molecule has 1 N–H and O–H groups in total. The summed E-state index contributed by atoms with van der Waals surface area (Å²) in [6.07, 6.45) is 0. The molecule has 3 nitrogen and oxygen atoms in total. The van der Waals surface area contributed by atoms with Crippen molar-refractivity contribution in [1.82, 2.24) is 15.1 Å². The van der Waals surface area contributed by atoms with Crippen LogP contribution in [0.25, 0.3) is 0 Å². The van der Waals surface area contributed by atoms with Gasteiger partial charge in [0.2, 0.25) is 0 Å². The monoisotopic (exact) mass is 221 g/mol. The van der Waals surface area contributed by atoms with Gasteiger partial charge in [-0.15, -0.1) is 0 Å². The van der Waals surface area contributed by atoms with Crippen molar-refractivity contribution in [3.63, 3.8) is 0 Å². The van der Waals surface area contributed by atoms with Gasteiger partial charge in [0.1, 0.15) is 0 Å². The van der Waals surface area contributed by atoms with E-state index < -0.39 is 0 Å². The second kappa shape index (κ2) is 4.83. The van der Waals surface area contributed by atoms with E-state index in [2.05, 4.69) is 50.8 Å². The predicted molar refractivity (Wildman–Crippen MR) is 68.6 cm³/mol. The molecule has 1 aromatic rings. The average Bonchev–Trinajstić information content (AvgIpc) is 2.41. The molecule has 90 valence electrons. The normalized spacial score (nSPS) is 11.8. The minimum Gasteiger partial charge on any atom is -0.308 e. The van der Waals surface area contributed by atoms with Gasteiger partial charge in [0, 0.05) is 17.8 Å². The molecule has 0 amide bonds. The summed E-state index contributed by atoms with van der Waals surface area (Å²) >= 11 is 0. The maximum atomic E-state index is 4.42. The van der Waals surface area contributed by atoms with Crippen LogP contribution >= 0.6 is 0 Å². The molecule has 0 aliphatic heterocycles. The van der Waals surface area contributed by atoms with Gasteiger partial charge in [-0.05, 0) is 46.3 Å². The van der Waals surface area contributed by atoms with Crippen molar-refractivity contribution >= 4 is 0 Å². The maximum Gasteiger partial charge on any atom is 0.0632 e. The van der Waals surface area contributed by atoms with Gasteiger partial charge >= 0.3 is 0 Å². The lowest BCUT2D eigenvalue weighted by Gasteiger charge is -2.21. The van der Waals surface area contributed by atoms with Crippen LogP contribution in [0.15, 0.2) is 18.2 Å². The number of aryl methyl sites for hydroxylation is 2. The number of rotatable bonds is 4. The van der Waals surface area contributed by atoms with Crippen LogP contribution in [0.3, 0.4) is 0 Å². The highest BCUT2D eigenvalue weighted by molar-refractivity contribution is 5.09. The first kappa shape index (κ1) is 13.0. The Hall–Kier alpha value is -1.09. The Balaban J connectivity index is 2.49. The number of hydrogen-bond acceptors (Lipinski definition) is 2. The fourth-order valence-electron chi connectivity index (χ4n) is 1.49. The third-order valence-corrected chi connectivity index (χ3v) is 2.35. The Labute approximate surface area is 98.5 Å². The van der Waals surface area contributed by atoms with E-state index in [1.54, 1.807) is 0 Å². The van der Waals surface area contributed by atoms with Crippen LogP contribution in [0.4, 0.5) is 0 Å². The molecule has 0 aliphatic carbocycles. The lowest BCUT2D eigenvalue weighted by Crippen LogP contribution is -2.37. The predicted octanol–water partition coefficient (Wildman–Crippen LogP) is 2.44. The molecule has 0 bridgehead atoms. The van der Waals surface area contributed by atoms with E-state index in [4.69, 9.17) is 0 Å². The Bertz CT molecular complexity index is 369. The molecule has 3 heteroatoms. The molecule has 0 atom stereocenters. The lowest BCUT2D eigenvalue weighted by molar-refractivity contribution is 0.438. The highest BCUT2D eigenvalue weighted by Crippen LogP contribution is 2.06. The number of hydrogen-bond donors (Lipinski definition) is 1. The zero-order chi connectivity index (χ0) is 12.3. The molecule has 1 aromatic heterocycles.